The van der Waals surface area contributed by atoms with Crippen molar-refractivity contribution < 1.29 is 9.53 Å². The van der Waals surface area contributed by atoms with Gasteiger partial charge in [0.1, 0.15) is 5.75 Å². The minimum Gasteiger partial charge on any atom is -0.490 e. The summed E-state index contributed by atoms with van der Waals surface area (Å²) in [5.74, 6) is 1.86. The molecule has 0 aliphatic heterocycles. The van der Waals surface area contributed by atoms with E-state index in [0.29, 0.717) is 6.10 Å². The van der Waals surface area contributed by atoms with Gasteiger partial charge in [0.05, 0.1) is 6.10 Å². The number of carbonyl (C=O) groups excluding carboxylic acids is 1. The highest BCUT2D eigenvalue weighted by Gasteiger charge is 2.22. The molecule has 1 aliphatic carbocycles. The summed E-state index contributed by atoms with van der Waals surface area (Å²) in [6, 6.07) is 5.74. The van der Waals surface area contributed by atoms with Crippen LogP contribution in [0, 0.1) is 12.8 Å². The SMILES string of the molecule is CCC1CCCC(Oc2ccc(C(C)=O)cc2C)C1. The Labute approximate surface area is 116 Å². The number of carbonyl (C=O) groups is 1. The Morgan fingerprint density at radius 1 is 1.37 bits per heavy atom. The summed E-state index contributed by atoms with van der Waals surface area (Å²) in [5.41, 5.74) is 1.83. The van der Waals surface area contributed by atoms with Crippen LogP contribution in [0.4, 0.5) is 0 Å². The average Bonchev–Trinajstić information content (AvgIpc) is 2.41. The van der Waals surface area contributed by atoms with Gasteiger partial charge >= 0.3 is 0 Å². The lowest BCUT2D eigenvalue weighted by atomic mass is 9.85. The Morgan fingerprint density at radius 2 is 2.16 bits per heavy atom. The Morgan fingerprint density at radius 3 is 2.79 bits per heavy atom. The van der Waals surface area contributed by atoms with Crippen molar-refractivity contribution in [2.45, 2.75) is 59.0 Å². The number of aryl methyl sites for hydroxylation is 1. The summed E-state index contributed by atoms with van der Waals surface area (Å²) < 4.78 is 6.14. The Balaban J connectivity index is 2.04. The minimum atomic E-state index is 0.110. The van der Waals surface area contributed by atoms with Gasteiger partial charge in [0.25, 0.3) is 0 Å². The first-order valence-electron chi connectivity index (χ1n) is 7.38. The van der Waals surface area contributed by atoms with Crippen molar-refractivity contribution in [3.05, 3.63) is 29.3 Å². The maximum Gasteiger partial charge on any atom is 0.159 e. The largest absolute Gasteiger partial charge is 0.490 e. The van der Waals surface area contributed by atoms with Crippen LogP contribution in [0.1, 0.15) is 61.9 Å². The molecular weight excluding hydrogens is 236 g/mol. The molecule has 2 nitrogen and oxygen atoms in total. The highest BCUT2D eigenvalue weighted by molar-refractivity contribution is 5.94. The molecule has 104 valence electrons. The molecule has 0 aromatic heterocycles. The monoisotopic (exact) mass is 260 g/mol. The smallest absolute Gasteiger partial charge is 0.159 e. The van der Waals surface area contributed by atoms with Gasteiger partial charge in [-0.2, -0.15) is 0 Å². The summed E-state index contributed by atoms with van der Waals surface area (Å²) in [5, 5.41) is 0. The predicted octanol–water partition coefficient (Wildman–Crippen LogP) is 4.55. The first-order chi connectivity index (χ1) is 9.10. The molecule has 0 radical (unpaired) electrons. The van der Waals surface area contributed by atoms with Gasteiger partial charge in [-0.15, -0.1) is 0 Å². The van der Waals surface area contributed by atoms with Crippen LogP contribution in [0.5, 0.6) is 5.75 Å². The lowest BCUT2D eigenvalue weighted by molar-refractivity contribution is 0.101. The van der Waals surface area contributed by atoms with Crippen LogP contribution in [0.15, 0.2) is 18.2 Å². The lowest BCUT2D eigenvalue weighted by Gasteiger charge is -2.29. The van der Waals surface area contributed by atoms with E-state index in [2.05, 4.69) is 6.92 Å². The molecule has 2 heteroatoms. The van der Waals surface area contributed by atoms with E-state index < -0.39 is 0 Å². The maximum absolute atomic E-state index is 11.3. The molecule has 0 N–H and O–H groups in total. The fraction of sp³-hybridized carbons (Fsp3) is 0.588. The van der Waals surface area contributed by atoms with Gasteiger partial charge in [-0.1, -0.05) is 19.8 Å². The van der Waals surface area contributed by atoms with E-state index in [9.17, 15) is 4.79 Å². The summed E-state index contributed by atoms with van der Waals surface area (Å²) >= 11 is 0. The fourth-order valence-electron chi connectivity index (χ4n) is 2.90. The summed E-state index contributed by atoms with van der Waals surface area (Å²) in [4.78, 5) is 11.3. The quantitative estimate of drug-likeness (QED) is 0.743. The third-order valence-electron chi connectivity index (χ3n) is 4.19. The zero-order valence-electron chi connectivity index (χ0n) is 12.2. The van der Waals surface area contributed by atoms with Gasteiger partial charge in [-0.05, 0) is 62.8 Å². The van der Waals surface area contributed by atoms with E-state index in [4.69, 9.17) is 4.74 Å². The van der Waals surface area contributed by atoms with Gasteiger partial charge in [-0.25, -0.2) is 0 Å². The second-order valence-electron chi connectivity index (χ2n) is 5.72. The molecule has 0 heterocycles. The van der Waals surface area contributed by atoms with Crippen LogP contribution >= 0.6 is 0 Å². The molecule has 2 rings (SSSR count). The van der Waals surface area contributed by atoms with Crippen LogP contribution in [-0.2, 0) is 0 Å². The van der Waals surface area contributed by atoms with Crippen LogP contribution in [-0.4, -0.2) is 11.9 Å². The minimum absolute atomic E-state index is 0.110. The second kappa shape index (κ2) is 6.23. The number of benzene rings is 1. The molecular formula is C17H24O2. The van der Waals surface area contributed by atoms with Crippen molar-refractivity contribution in [2.75, 3.05) is 0 Å². The van der Waals surface area contributed by atoms with Crippen molar-refractivity contribution in [1.29, 1.82) is 0 Å². The molecule has 1 aromatic carbocycles. The number of hydrogen-bond donors (Lipinski definition) is 0. The molecule has 1 aliphatic rings. The number of rotatable bonds is 4. The molecule has 2 atom stereocenters. The number of ether oxygens (including phenoxy) is 1. The van der Waals surface area contributed by atoms with Crippen molar-refractivity contribution in [2.24, 2.45) is 5.92 Å². The zero-order chi connectivity index (χ0) is 13.8. The number of ketones is 1. The van der Waals surface area contributed by atoms with Crippen LogP contribution in [0.2, 0.25) is 0 Å². The molecule has 19 heavy (non-hydrogen) atoms. The van der Waals surface area contributed by atoms with Crippen molar-refractivity contribution in [3.63, 3.8) is 0 Å². The second-order valence-corrected chi connectivity index (χ2v) is 5.72. The number of hydrogen-bond acceptors (Lipinski definition) is 2. The van der Waals surface area contributed by atoms with Gasteiger partial charge in [0.2, 0.25) is 0 Å². The Hall–Kier alpha value is -1.31. The van der Waals surface area contributed by atoms with Gasteiger partial charge in [0, 0.05) is 5.56 Å². The van der Waals surface area contributed by atoms with Crippen LogP contribution < -0.4 is 4.74 Å². The molecule has 1 fully saturated rings. The van der Waals surface area contributed by atoms with Gasteiger partial charge in [-0.3, -0.25) is 4.79 Å². The highest BCUT2D eigenvalue weighted by atomic mass is 16.5. The van der Waals surface area contributed by atoms with Crippen molar-refractivity contribution >= 4 is 5.78 Å². The van der Waals surface area contributed by atoms with Gasteiger partial charge in [0.15, 0.2) is 5.78 Å². The van der Waals surface area contributed by atoms with E-state index in [1.165, 1.54) is 25.7 Å². The molecule has 0 spiro atoms. The first-order valence-corrected chi connectivity index (χ1v) is 7.38. The maximum atomic E-state index is 11.3. The molecule has 1 saturated carbocycles. The summed E-state index contributed by atoms with van der Waals surface area (Å²) in [7, 11) is 0. The van der Waals surface area contributed by atoms with E-state index in [1.54, 1.807) is 6.92 Å². The first kappa shape index (κ1) is 14.1. The van der Waals surface area contributed by atoms with E-state index in [0.717, 1.165) is 29.2 Å². The van der Waals surface area contributed by atoms with Crippen molar-refractivity contribution in [3.8, 4) is 5.75 Å². The van der Waals surface area contributed by atoms with E-state index in [-0.39, 0.29) is 5.78 Å². The normalized spacial score (nSPS) is 23.1. The number of Topliss-reactive ketones (excluding diaryl/α,β-unsaturated/α-hetero) is 1. The molecule has 0 saturated heterocycles. The molecule has 0 bridgehead atoms. The van der Waals surface area contributed by atoms with E-state index >= 15 is 0 Å². The summed E-state index contributed by atoms with van der Waals surface area (Å²) in [6.07, 6.45) is 6.55. The fourth-order valence-corrected chi connectivity index (χ4v) is 2.90. The van der Waals surface area contributed by atoms with E-state index in [1.807, 2.05) is 25.1 Å². The molecule has 1 aromatic rings. The third kappa shape index (κ3) is 3.59. The van der Waals surface area contributed by atoms with Crippen molar-refractivity contribution in [1.82, 2.24) is 0 Å². The standard InChI is InChI=1S/C17H24O2/c1-4-14-6-5-7-16(11-14)19-17-9-8-15(13(3)18)10-12(17)2/h8-10,14,16H,4-7,11H2,1-3H3. The summed E-state index contributed by atoms with van der Waals surface area (Å²) in [6.45, 7) is 5.88. The van der Waals surface area contributed by atoms with Crippen LogP contribution in [0.25, 0.3) is 0 Å². The van der Waals surface area contributed by atoms with Crippen LogP contribution in [0.3, 0.4) is 0 Å². The topological polar surface area (TPSA) is 26.3 Å². The highest BCUT2D eigenvalue weighted by Crippen LogP contribution is 2.30. The third-order valence-corrected chi connectivity index (χ3v) is 4.19. The Bertz CT molecular complexity index is 451. The molecule has 0 amide bonds. The Kier molecular flexibility index (Phi) is 4.62. The van der Waals surface area contributed by atoms with Gasteiger partial charge < -0.3 is 4.74 Å². The molecule has 2 unspecified atom stereocenters. The zero-order valence-corrected chi connectivity index (χ0v) is 12.2. The lowest BCUT2D eigenvalue weighted by Crippen LogP contribution is -2.25. The average molecular weight is 260 g/mol. The predicted molar refractivity (Wildman–Crippen MR) is 77.8 cm³/mol.